The quantitative estimate of drug-likeness (QED) is 0.552. The molecule has 0 atom stereocenters. The van der Waals surface area contributed by atoms with Crippen LogP contribution < -0.4 is 16.2 Å². The average molecular weight is 271 g/mol. The van der Waals surface area contributed by atoms with Gasteiger partial charge in [-0.25, -0.2) is 15.2 Å². The van der Waals surface area contributed by atoms with E-state index in [1.54, 1.807) is 7.11 Å². The summed E-state index contributed by atoms with van der Waals surface area (Å²) in [5.41, 5.74) is 2.33. The predicted molar refractivity (Wildman–Crippen MR) is 73.4 cm³/mol. The van der Waals surface area contributed by atoms with Gasteiger partial charge in [-0.2, -0.15) is 4.98 Å². The number of aromatic nitrogens is 2. The summed E-state index contributed by atoms with van der Waals surface area (Å²) >= 11 is 0. The van der Waals surface area contributed by atoms with Crippen molar-refractivity contribution in [3.63, 3.8) is 0 Å². The van der Waals surface area contributed by atoms with Crippen molar-refractivity contribution in [1.29, 1.82) is 0 Å². The molecular formula is C12H22FN5O. The third-order valence-electron chi connectivity index (χ3n) is 3.05. The molecule has 0 saturated carbocycles. The molecule has 1 heterocycles. The van der Waals surface area contributed by atoms with Gasteiger partial charge >= 0.3 is 0 Å². The average Bonchev–Trinajstić information content (AvgIpc) is 2.44. The topological polar surface area (TPSA) is 76.3 Å². The summed E-state index contributed by atoms with van der Waals surface area (Å²) in [5.74, 6) is 5.27. The number of methoxy groups -OCH3 is 1. The maximum Gasteiger partial charge on any atom is 0.239 e. The van der Waals surface area contributed by atoms with Crippen molar-refractivity contribution in [2.24, 2.45) is 5.84 Å². The molecule has 0 aliphatic rings. The fourth-order valence-electron chi connectivity index (χ4n) is 2.01. The molecule has 0 aliphatic carbocycles. The first-order valence-electron chi connectivity index (χ1n) is 6.42. The van der Waals surface area contributed by atoms with Crippen LogP contribution in [0.2, 0.25) is 0 Å². The second kappa shape index (κ2) is 7.85. The molecule has 0 aromatic carbocycles. The van der Waals surface area contributed by atoms with Crippen LogP contribution in [0.15, 0.2) is 6.20 Å². The highest BCUT2D eigenvalue weighted by Crippen LogP contribution is 2.22. The van der Waals surface area contributed by atoms with E-state index in [1.807, 2.05) is 4.90 Å². The second-order valence-electron chi connectivity index (χ2n) is 4.17. The Bertz CT molecular complexity index is 386. The molecule has 7 heteroatoms. The van der Waals surface area contributed by atoms with Crippen LogP contribution in [-0.4, -0.2) is 36.3 Å². The van der Waals surface area contributed by atoms with E-state index in [1.165, 1.54) is 0 Å². The zero-order chi connectivity index (χ0) is 14.3. The van der Waals surface area contributed by atoms with Gasteiger partial charge in [-0.3, -0.25) is 5.43 Å². The van der Waals surface area contributed by atoms with Crippen molar-refractivity contribution in [2.45, 2.75) is 32.7 Å². The number of nitrogens with one attached hydrogen (secondary N) is 1. The fourth-order valence-corrected chi connectivity index (χ4v) is 2.01. The van der Waals surface area contributed by atoms with Crippen LogP contribution in [0.4, 0.5) is 16.2 Å². The summed E-state index contributed by atoms with van der Waals surface area (Å²) < 4.78 is 19.0. The molecule has 0 fully saturated rings. The van der Waals surface area contributed by atoms with Crippen molar-refractivity contribution in [3.05, 3.63) is 12.0 Å². The Morgan fingerprint density at radius 3 is 2.68 bits per heavy atom. The number of hydrazine groups is 1. The molecule has 1 aromatic heterocycles. The molecule has 0 spiro atoms. The number of hydrogen-bond acceptors (Lipinski definition) is 6. The van der Waals surface area contributed by atoms with Gasteiger partial charge in [0, 0.05) is 19.7 Å². The molecule has 108 valence electrons. The summed E-state index contributed by atoms with van der Waals surface area (Å²) in [6, 6.07) is 0.199. The number of halogens is 1. The van der Waals surface area contributed by atoms with Gasteiger partial charge in [-0.15, -0.1) is 0 Å². The normalized spacial score (nSPS) is 10.8. The van der Waals surface area contributed by atoms with E-state index >= 15 is 0 Å². The highest BCUT2D eigenvalue weighted by molar-refractivity contribution is 5.44. The van der Waals surface area contributed by atoms with E-state index in [4.69, 9.17) is 10.6 Å². The van der Waals surface area contributed by atoms with Crippen LogP contribution in [0.25, 0.3) is 0 Å². The summed E-state index contributed by atoms with van der Waals surface area (Å²) in [4.78, 5) is 9.76. The van der Waals surface area contributed by atoms with Crippen LogP contribution in [0.3, 0.4) is 0 Å². The summed E-state index contributed by atoms with van der Waals surface area (Å²) in [7, 11) is 1.62. The van der Waals surface area contributed by atoms with Gasteiger partial charge in [-0.05, 0) is 12.8 Å². The van der Waals surface area contributed by atoms with Crippen LogP contribution in [0.1, 0.15) is 26.7 Å². The number of nitrogen functional groups attached to an aromatic ring is 1. The van der Waals surface area contributed by atoms with E-state index in [0.29, 0.717) is 13.2 Å². The lowest BCUT2D eigenvalue weighted by Crippen LogP contribution is -2.38. The lowest BCUT2D eigenvalue weighted by atomic mass is 10.1. The number of hydrogen-bond donors (Lipinski definition) is 2. The Hall–Kier alpha value is -1.47. The SMILES string of the molecule is CCC(CC)N(CCOC)c1nc(NN)ncc1F. The minimum absolute atomic E-state index is 0.199. The minimum atomic E-state index is -0.456. The van der Waals surface area contributed by atoms with Crippen LogP contribution in [-0.2, 0) is 4.74 Å². The Labute approximate surface area is 113 Å². The van der Waals surface area contributed by atoms with Gasteiger partial charge in [0.15, 0.2) is 11.6 Å². The van der Waals surface area contributed by atoms with Crippen molar-refractivity contribution < 1.29 is 9.13 Å². The summed E-state index contributed by atoms with van der Waals surface area (Å²) in [5, 5.41) is 0. The molecule has 1 aromatic rings. The zero-order valence-corrected chi connectivity index (χ0v) is 11.7. The van der Waals surface area contributed by atoms with E-state index in [0.717, 1.165) is 19.0 Å². The second-order valence-corrected chi connectivity index (χ2v) is 4.17. The van der Waals surface area contributed by atoms with Gasteiger partial charge in [0.2, 0.25) is 5.95 Å². The van der Waals surface area contributed by atoms with E-state index < -0.39 is 5.82 Å². The minimum Gasteiger partial charge on any atom is -0.383 e. The molecule has 0 aliphatic heterocycles. The first-order valence-corrected chi connectivity index (χ1v) is 6.42. The standard InChI is InChI=1S/C12H22FN5O/c1-4-9(5-2)18(6-7-19-3)11-10(13)8-15-12(16-11)17-14/h8-9H,4-7,14H2,1-3H3,(H,15,16,17). The van der Waals surface area contributed by atoms with Gasteiger partial charge < -0.3 is 9.64 Å². The number of nitrogens with two attached hydrogens (primary N) is 1. The highest BCUT2D eigenvalue weighted by Gasteiger charge is 2.21. The van der Waals surface area contributed by atoms with Crippen LogP contribution >= 0.6 is 0 Å². The van der Waals surface area contributed by atoms with Crippen molar-refractivity contribution in [3.8, 4) is 0 Å². The van der Waals surface area contributed by atoms with E-state index in [-0.39, 0.29) is 17.8 Å². The first kappa shape index (κ1) is 15.6. The van der Waals surface area contributed by atoms with Gasteiger partial charge in [0.25, 0.3) is 0 Å². The van der Waals surface area contributed by atoms with Gasteiger partial charge in [0.1, 0.15) is 0 Å². The maximum absolute atomic E-state index is 13.9. The zero-order valence-electron chi connectivity index (χ0n) is 11.7. The monoisotopic (exact) mass is 271 g/mol. The van der Waals surface area contributed by atoms with Crippen LogP contribution in [0, 0.1) is 5.82 Å². The molecule has 1 rings (SSSR count). The van der Waals surface area contributed by atoms with Crippen molar-refractivity contribution >= 4 is 11.8 Å². The number of ether oxygens (including phenoxy) is 1. The molecule has 0 bridgehead atoms. The van der Waals surface area contributed by atoms with Gasteiger partial charge in [-0.1, -0.05) is 13.8 Å². The number of rotatable bonds is 8. The lowest BCUT2D eigenvalue weighted by molar-refractivity contribution is 0.202. The number of nitrogens with zero attached hydrogens (tertiary/aromatic N) is 3. The molecule has 0 saturated heterocycles. The summed E-state index contributed by atoms with van der Waals surface area (Å²) in [6.07, 6.45) is 2.92. The molecule has 0 radical (unpaired) electrons. The third kappa shape index (κ3) is 4.00. The maximum atomic E-state index is 13.9. The molecule has 0 unspecified atom stereocenters. The Balaban J connectivity index is 3.07. The number of anilines is 2. The summed E-state index contributed by atoms with van der Waals surface area (Å²) in [6.45, 7) is 5.20. The first-order chi connectivity index (χ1) is 9.17. The molecule has 6 nitrogen and oxygen atoms in total. The smallest absolute Gasteiger partial charge is 0.239 e. The van der Waals surface area contributed by atoms with Crippen molar-refractivity contribution in [1.82, 2.24) is 9.97 Å². The highest BCUT2D eigenvalue weighted by atomic mass is 19.1. The largest absolute Gasteiger partial charge is 0.383 e. The predicted octanol–water partition coefficient (Wildman–Crippen LogP) is 1.54. The van der Waals surface area contributed by atoms with Gasteiger partial charge in [0.05, 0.1) is 12.8 Å². The molecule has 0 amide bonds. The Morgan fingerprint density at radius 1 is 1.47 bits per heavy atom. The fraction of sp³-hybridized carbons (Fsp3) is 0.667. The Morgan fingerprint density at radius 2 is 2.16 bits per heavy atom. The van der Waals surface area contributed by atoms with E-state index in [9.17, 15) is 4.39 Å². The van der Waals surface area contributed by atoms with Crippen molar-refractivity contribution in [2.75, 3.05) is 30.6 Å². The third-order valence-corrected chi connectivity index (χ3v) is 3.05. The molecule has 19 heavy (non-hydrogen) atoms. The lowest BCUT2D eigenvalue weighted by Gasteiger charge is -2.31. The Kier molecular flexibility index (Phi) is 6.44. The van der Waals surface area contributed by atoms with E-state index in [2.05, 4.69) is 29.2 Å². The molecular weight excluding hydrogens is 249 g/mol. The van der Waals surface area contributed by atoms with Crippen LogP contribution in [0.5, 0.6) is 0 Å². The molecule has 3 N–H and O–H groups in total.